The minimum Gasteiger partial charge on any atom is -0.319 e. The van der Waals surface area contributed by atoms with Gasteiger partial charge in [-0.3, -0.25) is 10.1 Å². The van der Waals surface area contributed by atoms with Crippen LogP contribution in [-0.4, -0.2) is 22.5 Å². The van der Waals surface area contributed by atoms with E-state index in [1.165, 1.54) is 12.1 Å². The van der Waals surface area contributed by atoms with E-state index < -0.39 is 23.3 Å². The molecule has 1 amide bonds. The van der Waals surface area contributed by atoms with Crippen LogP contribution in [0.1, 0.15) is 25.0 Å². The van der Waals surface area contributed by atoms with Crippen LogP contribution in [0.2, 0.25) is 0 Å². The largest absolute Gasteiger partial charge is 0.319 e. The van der Waals surface area contributed by atoms with Gasteiger partial charge in [-0.2, -0.15) is 0 Å². The highest BCUT2D eigenvalue weighted by Gasteiger charge is 2.43. The Kier molecular flexibility index (Phi) is 4.37. The Bertz CT molecular complexity index is 726. The summed E-state index contributed by atoms with van der Waals surface area (Å²) in [7, 11) is 0. The highest BCUT2D eigenvalue weighted by molar-refractivity contribution is 5.85. The number of amides is 1. The van der Waals surface area contributed by atoms with Crippen molar-refractivity contribution in [2.45, 2.75) is 38.5 Å². The summed E-state index contributed by atoms with van der Waals surface area (Å²) in [6, 6.07) is 12.6. The standard InChI is InChI=1S/C19H20F2N2O/c1-19(2)22-17(10-14-8-15(20)11-16(21)9-14)18(24)23(19)12-13-6-4-3-5-7-13/h3-9,11,17,22H,10,12H2,1-2H3/t17-/m0/s1. The zero-order chi connectivity index (χ0) is 17.3. The maximum absolute atomic E-state index is 13.4. The van der Waals surface area contributed by atoms with E-state index in [-0.39, 0.29) is 12.3 Å². The number of halogens is 2. The molecular weight excluding hydrogens is 310 g/mol. The molecule has 1 aliphatic heterocycles. The lowest BCUT2D eigenvalue weighted by atomic mass is 10.1. The van der Waals surface area contributed by atoms with E-state index in [2.05, 4.69) is 5.32 Å². The van der Waals surface area contributed by atoms with Crippen molar-refractivity contribution >= 4 is 5.91 Å². The molecule has 0 bridgehead atoms. The number of nitrogens with zero attached hydrogens (tertiary/aromatic N) is 1. The SMILES string of the molecule is CC1(C)N[C@@H](Cc2cc(F)cc(F)c2)C(=O)N1Cc1ccccc1. The Morgan fingerprint density at radius 3 is 2.29 bits per heavy atom. The monoisotopic (exact) mass is 330 g/mol. The predicted octanol–water partition coefficient (Wildman–Crippen LogP) is 3.24. The first-order chi connectivity index (χ1) is 11.3. The average Bonchev–Trinajstić information content (AvgIpc) is 2.70. The highest BCUT2D eigenvalue weighted by Crippen LogP contribution is 2.25. The third-order valence-corrected chi connectivity index (χ3v) is 4.31. The quantitative estimate of drug-likeness (QED) is 0.933. The van der Waals surface area contributed by atoms with Gasteiger partial charge < -0.3 is 4.90 Å². The molecule has 126 valence electrons. The van der Waals surface area contributed by atoms with Crippen LogP contribution in [0.15, 0.2) is 48.5 Å². The Morgan fingerprint density at radius 1 is 1.04 bits per heavy atom. The number of carbonyl (C=O) groups excluding carboxylic acids is 1. The molecule has 5 heteroatoms. The summed E-state index contributed by atoms with van der Waals surface area (Å²) in [4.78, 5) is 14.5. The zero-order valence-corrected chi connectivity index (χ0v) is 13.7. The predicted molar refractivity (Wildman–Crippen MR) is 88.1 cm³/mol. The third kappa shape index (κ3) is 3.46. The number of benzene rings is 2. The van der Waals surface area contributed by atoms with E-state index in [4.69, 9.17) is 0 Å². The molecule has 24 heavy (non-hydrogen) atoms. The van der Waals surface area contributed by atoms with E-state index in [0.29, 0.717) is 12.1 Å². The Morgan fingerprint density at radius 2 is 1.67 bits per heavy atom. The fourth-order valence-electron chi connectivity index (χ4n) is 3.17. The van der Waals surface area contributed by atoms with E-state index in [1.54, 1.807) is 4.90 Å². The number of rotatable bonds is 4. The summed E-state index contributed by atoms with van der Waals surface area (Å²) in [5.74, 6) is -1.32. The molecule has 1 atom stereocenters. The summed E-state index contributed by atoms with van der Waals surface area (Å²) >= 11 is 0. The molecule has 1 heterocycles. The number of carbonyl (C=O) groups is 1. The van der Waals surface area contributed by atoms with Crippen molar-refractivity contribution in [3.8, 4) is 0 Å². The molecule has 1 saturated heterocycles. The fraction of sp³-hybridized carbons (Fsp3) is 0.316. The molecule has 3 nitrogen and oxygen atoms in total. The summed E-state index contributed by atoms with van der Waals surface area (Å²) in [5.41, 5.74) is 0.984. The molecule has 0 unspecified atom stereocenters. The van der Waals surface area contributed by atoms with Crippen LogP contribution in [0.25, 0.3) is 0 Å². The minimum absolute atomic E-state index is 0.0616. The molecule has 1 fully saturated rings. The Balaban J connectivity index is 1.78. The van der Waals surface area contributed by atoms with E-state index in [1.807, 2.05) is 44.2 Å². The first kappa shape index (κ1) is 16.6. The van der Waals surface area contributed by atoms with E-state index >= 15 is 0 Å². The van der Waals surface area contributed by atoms with Crippen molar-refractivity contribution < 1.29 is 13.6 Å². The maximum atomic E-state index is 13.4. The molecule has 0 aliphatic carbocycles. The van der Waals surface area contributed by atoms with Gasteiger partial charge in [0.25, 0.3) is 0 Å². The van der Waals surface area contributed by atoms with Crippen LogP contribution in [-0.2, 0) is 17.8 Å². The molecule has 0 radical (unpaired) electrons. The van der Waals surface area contributed by atoms with Crippen LogP contribution in [0, 0.1) is 11.6 Å². The van der Waals surface area contributed by atoms with Gasteiger partial charge in [-0.1, -0.05) is 30.3 Å². The smallest absolute Gasteiger partial charge is 0.241 e. The molecule has 3 rings (SSSR count). The normalized spacial score (nSPS) is 19.8. The topological polar surface area (TPSA) is 32.3 Å². The zero-order valence-electron chi connectivity index (χ0n) is 13.7. The molecular formula is C19H20F2N2O. The number of nitrogens with one attached hydrogen (secondary N) is 1. The molecule has 1 aliphatic rings. The molecule has 0 spiro atoms. The van der Waals surface area contributed by atoms with Crippen LogP contribution in [0.3, 0.4) is 0 Å². The first-order valence-electron chi connectivity index (χ1n) is 7.93. The Labute approximate surface area is 140 Å². The summed E-state index contributed by atoms with van der Waals surface area (Å²) < 4.78 is 26.7. The molecule has 2 aromatic rings. The van der Waals surface area contributed by atoms with Gasteiger partial charge in [0, 0.05) is 12.6 Å². The van der Waals surface area contributed by atoms with Gasteiger partial charge in [0.1, 0.15) is 11.6 Å². The minimum atomic E-state index is -0.629. The van der Waals surface area contributed by atoms with Crippen molar-refractivity contribution in [3.63, 3.8) is 0 Å². The van der Waals surface area contributed by atoms with Crippen LogP contribution in [0.5, 0.6) is 0 Å². The highest BCUT2D eigenvalue weighted by atomic mass is 19.1. The van der Waals surface area contributed by atoms with Gasteiger partial charge >= 0.3 is 0 Å². The maximum Gasteiger partial charge on any atom is 0.241 e. The van der Waals surface area contributed by atoms with Crippen molar-refractivity contribution in [1.29, 1.82) is 0 Å². The van der Waals surface area contributed by atoms with Crippen LogP contribution in [0.4, 0.5) is 8.78 Å². The molecule has 1 N–H and O–H groups in total. The van der Waals surface area contributed by atoms with Gasteiger partial charge in [0.15, 0.2) is 0 Å². The van der Waals surface area contributed by atoms with Gasteiger partial charge in [-0.25, -0.2) is 8.78 Å². The number of hydrogen-bond acceptors (Lipinski definition) is 2. The van der Waals surface area contributed by atoms with Crippen molar-refractivity contribution in [1.82, 2.24) is 10.2 Å². The fourth-order valence-corrected chi connectivity index (χ4v) is 3.17. The second kappa shape index (κ2) is 6.32. The average molecular weight is 330 g/mol. The van der Waals surface area contributed by atoms with Gasteiger partial charge in [0.2, 0.25) is 5.91 Å². The molecule has 0 saturated carbocycles. The Hall–Kier alpha value is -2.27. The second-order valence-corrected chi connectivity index (χ2v) is 6.65. The molecule has 2 aromatic carbocycles. The van der Waals surface area contributed by atoms with E-state index in [0.717, 1.165) is 11.6 Å². The van der Waals surface area contributed by atoms with Gasteiger partial charge in [0.05, 0.1) is 11.7 Å². The van der Waals surface area contributed by atoms with Crippen molar-refractivity contribution in [2.75, 3.05) is 0 Å². The summed E-state index contributed by atoms with van der Waals surface area (Å²) in [5, 5.41) is 3.27. The summed E-state index contributed by atoms with van der Waals surface area (Å²) in [6.07, 6.45) is 0.252. The van der Waals surface area contributed by atoms with E-state index in [9.17, 15) is 13.6 Å². The van der Waals surface area contributed by atoms with Crippen LogP contribution >= 0.6 is 0 Å². The van der Waals surface area contributed by atoms with Gasteiger partial charge in [-0.15, -0.1) is 0 Å². The van der Waals surface area contributed by atoms with Crippen LogP contribution < -0.4 is 5.32 Å². The van der Waals surface area contributed by atoms with Crippen molar-refractivity contribution in [2.24, 2.45) is 0 Å². The lowest BCUT2D eigenvalue weighted by Gasteiger charge is -2.31. The lowest BCUT2D eigenvalue weighted by molar-refractivity contribution is -0.132. The number of hydrogen-bond donors (Lipinski definition) is 1. The lowest BCUT2D eigenvalue weighted by Crippen LogP contribution is -2.46. The van der Waals surface area contributed by atoms with Gasteiger partial charge in [-0.05, 0) is 43.5 Å². The van der Waals surface area contributed by atoms with Crippen molar-refractivity contribution in [3.05, 3.63) is 71.3 Å². The third-order valence-electron chi connectivity index (χ3n) is 4.31. The second-order valence-electron chi connectivity index (χ2n) is 6.65. The summed E-state index contributed by atoms with van der Waals surface area (Å²) in [6.45, 7) is 4.35. The molecule has 0 aromatic heterocycles. The first-order valence-corrected chi connectivity index (χ1v) is 7.93.